The van der Waals surface area contributed by atoms with Crippen LogP contribution >= 0.6 is 24.8 Å². The van der Waals surface area contributed by atoms with Crippen LogP contribution in [0.5, 0.6) is 11.5 Å². The molecular weight excluding hydrogens is 351 g/mol. The summed E-state index contributed by atoms with van der Waals surface area (Å²) in [5.41, 5.74) is 1.26. The number of anilines is 1. The summed E-state index contributed by atoms with van der Waals surface area (Å²) in [7, 11) is 0. The molecule has 0 N–H and O–H groups in total. The predicted molar refractivity (Wildman–Crippen MR) is 96.6 cm³/mol. The van der Waals surface area contributed by atoms with Crippen LogP contribution in [0.4, 0.5) is 5.95 Å². The molecule has 2 aromatic rings. The van der Waals surface area contributed by atoms with E-state index in [9.17, 15) is 0 Å². The van der Waals surface area contributed by atoms with Gasteiger partial charge in [-0.3, -0.25) is 4.90 Å². The first kappa shape index (κ1) is 18.6. The zero-order valence-corrected chi connectivity index (χ0v) is 14.8. The number of aromatic nitrogens is 2. The molecule has 0 atom stereocenters. The highest BCUT2D eigenvalue weighted by Crippen LogP contribution is 2.32. The first-order valence-corrected chi connectivity index (χ1v) is 7.51. The predicted octanol–water partition coefficient (Wildman–Crippen LogP) is 2.37. The van der Waals surface area contributed by atoms with Crippen LogP contribution in [0.1, 0.15) is 5.56 Å². The molecule has 24 heavy (non-hydrogen) atoms. The van der Waals surface area contributed by atoms with Gasteiger partial charge in [0.15, 0.2) is 11.5 Å². The van der Waals surface area contributed by atoms with Crippen molar-refractivity contribution in [3.63, 3.8) is 0 Å². The fourth-order valence-corrected chi connectivity index (χ4v) is 2.86. The molecule has 0 amide bonds. The molecule has 130 valence electrons. The lowest BCUT2D eigenvalue weighted by atomic mass is 10.1. The Labute approximate surface area is 153 Å². The summed E-state index contributed by atoms with van der Waals surface area (Å²) < 4.78 is 10.8. The van der Waals surface area contributed by atoms with Crippen LogP contribution in [0.15, 0.2) is 36.7 Å². The third-order valence-corrected chi connectivity index (χ3v) is 4.05. The normalized spacial score (nSPS) is 16.2. The molecule has 1 fully saturated rings. The third-order valence-electron chi connectivity index (χ3n) is 4.05. The lowest BCUT2D eigenvalue weighted by Gasteiger charge is -2.34. The second-order valence-electron chi connectivity index (χ2n) is 5.50. The highest BCUT2D eigenvalue weighted by atomic mass is 35.5. The van der Waals surface area contributed by atoms with Gasteiger partial charge in [0.05, 0.1) is 0 Å². The molecule has 1 aromatic heterocycles. The first-order valence-electron chi connectivity index (χ1n) is 7.51. The lowest BCUT2D eigenvalue weighted by Crippen LogP contribution is -2.46. The molecule has 4 rings (SSSR count). The van der Waals surface area contributed by atoms with E-state index in [-0.39, 0.29) is 24.8 Å². The zero-order valence-electron chi connectivity index (χ0n) is 13.1. The maximum atomic E-state index is 5.44. The van der Waals surface area contributed by atoms with Gasteiger partial charge in [-0.25, -0.2) is 9.97 Å². The van der Waals surface area contributed by atoms with Crippen LogP contribution in [0.3, 0.4) is 0 Å². The van der Waals surface area contributed by atoms with Gasteiger partial charge in [-0.1, -0.05) is 6.07 Å². The summed E-state index contributed by atoms with van der Waals surface area (Å²) in [6, 6.07) is 8.03. The van der Waals surface area contributed by atoms with Gasteiger partial charge in [0.2, 0.25) is 12.7 Å². The summed E-state index contributed by atoms with van der Waals surface area (Å²) in [4.78, 5) is 13.3. The number of fused-ring (bicyclic) bond motifs is 1. The number of halogens is 2. The van der Waals surface area contributed by atoms with E-state index < -0.39 is 0 Å². The van der Waals surface area contributed by atoms with E-state index in [0.717, 1.165) is 50.2 Å². The molecule has 2 aliphatic rings. The fourth-order valence-electron chi connectivity index (χ4n) is 2.86. The topological polar surface area (TPSA) is 50.7 Å². The Kier molecular flexibility index (Phi) is 6.48. The second kappa shape index (κ2) is 8.37. The molecule has 0 aliphatic carbocycles. The van der Waals surface area contributed by atoms with Crippen LogP contribution in [-0.2, 0) is 6.54 Å². The van der Waals surface area contributed by atoms with Gasteiger partial charge in [-0.15, -0.1) is 24.8 Å². The van der Waals surface area contributed by atoms with Crippen molar-refractivity contribution in [2.45, 2.75) is 6.54 Å². The maximum absolute atomic E-state index is 5.44. The molecule has 0 unspecified atom stereocenters. The number of hydrogen-bond donors (Lipinski definition) is 0. The van der Waals surface area contributed by atoms with Gasteiger partial charge in [-0.05, 0) is 23.8 Å². The Morgan fingerprint density at radius 2 is 1.62 bits per heavy atom. The summed E-state index contributed by atoms with van der Waals surface area (Å²) in [6.07, 6.45) is 3.59. The Hall–Kier alpha value is -1.76. The highest BCUT2D eigenvalue weighted by molar-refractivity contribution is 5.85. The molecule has 2 aliphatic heterocycles. The van der Waals surface area contributed by atoms with Crippen molar-refractivity contribution >= 4 is 30.8 Å². The third kappa shape index (κ3) is 4.01. The van der Waals surface area contributed by atoms with Crippen molar-refractivity contribution in [2.24, 2.45) is 0 Å². The van der Waals surface area contributed by atoms with Gasteiger partial charge in [0, 0.05) is 45.1 Å². The van der Waals surface area contributed by atoms with E-state index in [1.807, 2.05) is 12.1 Å². The standard InChI is InChI=1S/C16H18N4O2.2ClH/c1-4-17-16(18-5-1)20-8-6-19(7-9-20)11-13-2-3-14-15(10-13)22-12-21-14;;/h1-5,10H,6-9,11-12H2;2*1H. The smallest absolute Gasteiger partial charge is 0.231 e. The van der Waals surface area contributed by atoms with Crippen molar-refractivity contribution < 1.29 is 9.47 Å². The molecular formula is C16H20Cl2N4O2. The van der Waals surface area contributed by atoms with Crippen molar-refractivity contribution in [1.29, 1.82) is 0 Å². The van der Waals surface area contributed by atoms with Crippen LogP contribution in [-0.4, -0.2) is 47.8 Å². The minimum atomic E-state index is 0. The van der Waals surface area contributed by atoms with Crippen LogP contribution < -0.4 is 14.4 Å². The molecule has 0 radical (unpaired) electrons. The largest absolute Gasteiger partial charge is 0.454 e. The number of rotatable bonds is 3. The van der Waals surface area contributed by atoms with E-state index in [1.54, 1.807) is 12.4 Å². The molecule has 1 saturated heterocycles. The number of hydrogen-bond acceptors (Lipinski definition) is 6. The van der Waals surface area contributed by atoms with Crippen LogP contribution in [0.25, 0.3) is 0 Å². The van der Waals surface area contributed by atoms with Gasteiger partial charge in [-0.2, -0.15) is 0 Å². The SMILES string of the molecule is Cl.Cl.c1cnc(N2CCN(Cc3ccc4c(c3)OCO4)CC2)nc1. The molecule has 8 heteroatoms. The summed E-state index contributed by atoms with van der Waals surface area (Å²) in [6.45, 7) is 5.18. The average Bonchev–Trinajstić information content (AvgIpc) is 3.04. The molecule has 0 spiro atoms. The quantitative estimate of drug-likeness (QED) is 0.826. The summed E-state index contributed by atoms with van der Waals surface area (Å²) in [5.74, 6) is 2.52. The molecule has 1 aromatic carbocycles. The molecule has 0 saturated carbocycles. The van der Waals surface area contributed by atoms with Crippen LogP contribution in [0, 0.1) is 0 Å². The fraction of sp³-hybridized carbons (Fsp3) is 0.375. The zero-order chi connectivity index (χ0) is 14.8. The van der Waals surface area contributed by atoms with Gasteiger partial charge in [0.1, 0.15) is 0 Å². The second-order valence-corrected chi connectivity index (χ2v) is 5.50. The van der Waals surface area contributed by atoms with Gasteiger partial charge in [0.25, 0.3) is 0 Å². The Bertz CT molecular complexity index is 652. The molecule has 0 bridgehead atoms. The first-order chi connectivity index (χ1) is 10.9. The van der Waals surface area contributed by atoms with Crippen molar-refractivity contribution in [1.82, 2.24) is 14.9 Å². The minimum absolute atomic E-state index is 0. The number of piperazine rings is 1. The van der Waals surface area contributed by atoms with E-state index in [4.69, 9.17) is 9.47 Å². The Morgan fingerprint density at radius 1 is 0.917 bits per heavy atom. The number of benzene rings is 1. The minimum Gasteiger partial charge on any atom is -0.454 e. The summed E-state index contributed by atoms with van der Waals surface area (Å²) >= 11 is 0. The van der Waals surface area contributed by atoms with Crippen molar-refractivity contribution in [3.8, 4) is 11.5 Å². The van der Waals surface area contributed by atoms with E-state index in [2.05, 4.69) is 31.9 Å². The highest BCUT2D eigenvalue weighted by Gasteiger charge is 2.20. The lowest BCUT2D eigenvalue weighted by molar-refractivity contribution is 0.174. The number of nitrogens with zero attached hydrogens (tertiary/aromatic N) is 4. The maximum Gasteiger partial charge on any atom is 0.231 e. The van der Waals surface area contributed by atoms with E-state index in [0.29, 0.717) is 6.79 Å². The Balaban J connectivity index is 0.00000104. The van der Waals surface area contributed by atoms with Crippen LogP contribution in [0.2, 0.25) is 0 Å². The van der Waals surface area contributed by atoms with E-state index in [1.165, 1.54) is 5.56 Å². The molecule has 3 heterocycles. The van der Waals surface area contributed by atoms with Gasteiger partial charge < -0.3 is 14.4 Å². The molecule has 6 nitrogen and oxygen atoms in total. The van der Waals surface area contributed by atoms with E-state index >= 15 is 0 Å². The number of ether oxygens (including phenoxy) is 2. The Morgan fingerprint density at radius 3 is 2.38 bits per heavy atom. The van der Waals surface area contributed by atoms with Crippen molar-refractivity contribution in [2.75, 3.05) is 37.9 Å². The average molecular weight is 371 g/mol. The van der Waals surface area contributed by atoms with Gasteiger partial charge >= 0.3 is 0 Å². The monoisotopic (exact) mass is 370 g/mol. The van der Waals surface area contributed by atoms with Crippen molar-refractivity contribution in [3.05, 3.63) is 42.2 Å². The summed E-state index contributed by atoms with van der Waals surface area (Å²) in [5, 5.41) is 0.